The number of allylic oxidation sites excluding steroid dienone is 5. The van der Waals surface area contributed by atoms with Gasteiger partial charge in [0.25, 0.3) is 0 Å². The Morgan fingerprint density at radius 2 is 1.29 bits per heavy atom. The summed E-state index contributed by atoms with van der Waals surface area (Å²) in [5, 5.41) is 6.61. The Labute approximate surface area is 298 Å². The van der Waals surface area contributed by atoms with Crippen LogP contribution in [0, 0.1) is 0 Å². The highest BCUT2D eigenvalue weighted by atomic mass is 16.3. The van der Waals surface area contributed by atoms with Crippen molar-refractivity contribution in [2.24, 2.45) is 0 Å². The molecule has 246 valence electrons. The normalized spacial score (nSPS) is 12.4. The lowest BCUT2D eigenvalue weighted by molar-refractivity contribution is 0.669. The largest absolute Gasteiger partial charge is 0.456 e. The molecule has 4 heterocycles. The van der Waals surface area contributed by atoms with Gasteiger partial charge < -0.3 is 8.98 Å². The molecule has 0 saturated carbocycles. The molecule has 0 fully saturated rings. The zero-order valence-corrected chi connectivity index (χ0v) is 28.4. The van der Waals surface area contributed by atoms with Gasteiger partial charge in [0, 0.05) is 49.1 Å². The van der Waals surface area contributed by atoms with E-state index in [9.17, 15) is 0 Å². The molecule has 0 aliphatic heterocycles. The van der Waals surface area contributed by atoms with Crippen molar-refractivity contribution in [3.63, 3.8) is 0 Å². The highest BCUT2D eigenvalue weighted by molar-refractivity contribution is 6.25. The van der Waals surface area contributed by atoms with E-state index in [-0.39, 0.29) is 0 Å². The molecule has 0 amide bonds. The monoisotopic (exact) mass is 669 g/mol. The summed E-state index contributed by atoms with van der Waals surface area (Å²) in [5.74, 6) is 1.69. The number of nitrogens with zero attached hydrogens (tertiary/aromatic N) is 5. The van der Waals surface area contributed by atoms with E-state index >= 15 is 0 Å². The van der Waals surface area contributed by atoms with Crippen LogP contribution in [0.3, 0.4) is 0 Å². The number of para-hydroxylation sites is 3. The van der Waals surface area contributed by atoms with Crippen molar-refractivity contribution in [2.45, 2.75) is 6.92 Å². The van der Waals surface area contributed by atoms with Gasteiger partial charge in [-0.3, -0.25) is 4.57 Å². The molecule has 0 aliphatic carbocycles. The van der Waals surface area contributed by atoms with Crippen LogP contribution in [0.4, 0.5) is 0 Å². The standard InChI is InChI=1S/C46H31N5O/c1-3-15-29(16-4-2)44-47-45(30-17-7-5-8-18-30)49-46(48-44)51-38-23-13-11-21-32(38)34-25-26-35-36-28-41-37(33-22-12-14-24-40(33)52-41)27-39(36)50(42(35)43(34)51)31-19-9-6-10-20-31/h3-28H,1H2,2H3/b16-4-,29-15+. The van der Waals surface area contributed by atoms with Gasteiger partial charge in [0.2, 0.25) is 5.95 Å². The van der Waals surface area contributed by atoms with Crippen LogP contribution in [0.2, 0.25) is 0 Å². The molecule has 6 aromatic carbocycles. The average molecular weight is 670 g/mol. The predicted molar refractivity (Wildman–Crippen MR) is 214 cm³/mol. The molecule has 10 rings (SSSR count). The second-order valence-electron chi connectivity index (χ2n) is 12.9. The van der Waals surface area contributed by atoms with E-state index in [4.69, 9.17) is 19.4 Å². The molecule has 0 spiro atoms. The number of hydrogen-bond donors (Lipinski definition) is 0. The number of furan rings is 1. The predicted octanol–water partition coefficient (Wildman–Crippen LogP) is 11.8. The fraction of sp³-hybridized carbons (Fsp3) is 0.0217. The zero-order chi connectivity index (χ0) is 34.8. The number of benzene rings is 6. The first kappa shape index (κ1) is 29.8. The maximum atomic E-state index is 6.42. The van der Waals surface area contributed by atoms with Crippen LogP contribution < -0.4 is 0 Å². The van der Waals surface area contributed by atoms with Gasteiger partial charge in [-0.05, 0) is 43.3 Å². The van der Waals surface area contributed by atoms with Crippen LogP contribution in [-0.4, -0.2) is 24.1 Å². The Bertz CT molecular complexity index is 3090. The van der Waals surface area contributed by atoms with E-state index in [1.165, 1.54) is 0 Å². The van der Waals surface area contributed by atoms with E-state index in [2.05, 4.69) is 107 Å². The molecular weight excluding hydrogens is 639 g/mol. The smallest absolute Gasteiger partial charge is 0.238 e. The third-order valence-corrected chi connectivity index (χ3v) is 9.83. The van der Waals surface area contributed by atoms with E-state index in [1.807, 2.05) is 67.6 Å². The van der Waals surface area contributed by atoms with E-state index < -0.39 is 0 Å². The van der Waals surface area contributed by atoms with Crippen LogP contribution in [-0.2, 0) is 0 Å². The van der Waals surface area contributed by atoms with Crippen LogP contribution in [0.5, 0.6) is 0 Å². The minimum atomic E-state index is 0.534. The maximum Gasteiger partial charge on any atom is 0.238 e. The Morgan fingerprint density at radius 1 is 0.596 bits per heavy atom. The first-order valence-corrected chi connectivity index (χ1v) is 17.4. The lowest BCUT2D eigenvalue weighted by Gasteiger charge is -2.13. The van der Waals surface area contributed by atoms with Crippen molar-refractivity contribution < 1.29 is 4.42 Å². The number of aromatic nitrogens is 5. The first-order valence-electron chi connectivity index (χ1n) is 17.4. The summed E-state index contributed by atoms with van der Waals surface area (Å²) >= 11 is 0. The van der Waals surface area contributed by atoms with Crippen LogP contribution in [0.25, 0.3) is 94.1 Å². The molecule has 0 saturated heterocycles. The van der Waals surface area contributed by atoms with E-state index in [1.54, 1.807) is 6.08 Å². The van der Waals surface area contributed by atoms with Crippen LogP contribution >= 0.6 is 0 Å². The third kappa shape index (κ3) is 4.48. The third-order valence-electron chi connectivity index (χ3n) is 9.83. The summed E-state index contributed by atoms with van der Waals surface area (Å²) in [6, 6.07) is 46.3. The molecule has 0 bridgehead atoms. The highest BCUT2D eigenvalue weighted by Crippen LogP contribution is 2.43. The number of rotatable bonds is 6. The minimum absolute atomic E-state index is 0.534. The molecule has 6 heteroatoms. The van der Waals surface area contributed by atoms with Crippen molar-refractivity contribution >= 4 is 71.1 Å². The quantitative estimate of drug-likeness (QED) is 0.165. The fourth-order valence-electron chi connectivity index (χ4n) is 7.64. The Balaban J connectivity index is 1.40. The van der Waals surface area contributed by atoms with Crippen molar-refractivity contribution in [1.29, 1.82) is 0 Å². The van der Waals surface area contributed by atoms with E-state index in [0.29, 0.717) is 17.6 Å². The second-order valence-corrected chi connectivity index (χ2v) is 12.9. The lowest BCUT2D eigenvalue weighted by Crippen LogP contribution is -2.08. The number of fused-ring (bicyclic) bond motifs is 10. The Hall–Kier alpha value is -7.05. The summed E-state index contributed by atoms with van der Waals surface area (Å²) in [4.78, 5) is 15.4. The van der Waals surface area contributed by atoms with Crippen molar-refractivity contribution in [3.05, 3.63) is 170 Å². The molecule has 4 aromatic heterocycles. The number of hydrogen-bond acceptors (Lipinski definition) is 4. The summed E-state index contributed by atoms with van der Waals surface area (Å²) in [5.41, 5.74) is 8.72. The fourth-order valence-corrected chi connectivity index (χ4v) is 7.64. The molecule has 0 N–H and O–H groups in total. The molecular formula is C46H31N5O. The average Bonchev–Trinajstić information content (AvgIpc) is 3.84. The van der Waals surface area contributed by atoms with Crippen LogP contribution in [0.15, 0.2) is 169 Å². The van der Waals surface area contributed by atoms with E-state index in [0.717, 1.165) is 82.4 Å². The molecule has 6 nitrogen and oxygen atoms in total. The minimum Gasteiger partial charge on any atom is -0.456 e. The zero-order valence-electron chi connectivity index (χ0n) is 28.4. The molecule has 0 aliphatic rings. The topological polar surface area (TPSA) is 61.7 Å². The second kappa shape index (κ2) is 11.8. The molecule has 0 atom stereocenters. The molecule has 0 unspecified atom stereocenters. The van der Waals surface area contributed by atoms with Gasteiger partial charge >= 0.3 is 0 Å². The summed E-state index contributed by atoms with van der Waals surface area (Å²) < 4.78 is 11.0. The first-order chi connectivity index (χ1) is 25.7. The maximum absolute atomic E-state index is 6.42. The molecule has 0 radical (unpaired) electrons. The van der Waals surface area contributed by atoms with Gasteiger partial charge in [0.05, 0.1) is 22.1 Å². The van der Waals surface area contributed by atoms with Gasteiger partial charge in [0.15, 0.2) is 11.6 Å². The van der Waals surface area contributed by atoms with Gasteiger partial charge in [-0.25, -0.2) is 4.98 Å². The Morgan fingerprint density at radius 3 is 2.08 bits per heavy atom. The van der Waals surface area contributed by atoms with Gasteiger partial charge in [0.1, 0.15) is 11.2 Å². The summed E-state index contributed by atoms with van der Waals surface area (Å²) in [6.07, 6.45) is 7.70. The molecule has 10 aromatic rings. The summed E-state index contributed by atoms with van der Waals surface area (Å²) in [6.45, 7) is 5.96. The SMILES string of the molecule is C=C/C=C(\C=C/C)c1nc(-c2ccccc2)nc(-n2c3ccccc3c3ccc4c5cc6oc7ccccc7c6cc5n(-c5ccccc5)c4c32)n1. The Kier molecular flexibility index (Phi) is 6.76. The van der Waals surface area contributed by atoms with Gasteiger partial charge in [-0.2, -0.15) is 9.97 Å². The summed E-state index contributed by atoms with van der Waals surface area (Å²) in [7, 11) is 0. The van der Waals surface area contributed by atoms with Gasteiger partial charge in [-0.15, -0.1) is 0 Å². The molecule has 52 heavy (non-hydrogen) atoms. The van der Waals surface area contributed by atoms with Gasteiger partial charge in [-0.1, -0.05) is 128 Å². The van der Waals surface area contributed by atoms with Crippen molar-refractivity contribution in [3.8, 4) is 23.0 Å². The highest BCUT2D eigenvalue weighted by Gasteiger charge is 2.24. The van der Waals surface area contributed by atoms with Crippen LogP contribution in [0.1, 0.15) is 12.7 Å². The van der Waals surface area contributed by atoms with Crippen molar-refractivity contribution in [2.75, 3.05) is 0 Å². The van der Waals surface area contributed by atoms with Crippen molar-refractivity contribution in [1.82, 2.24) is 24.1 Å². The lowest BCUT2D eigenvalue weighted by atomic mass is 10.1.